The fourth-order valence-corrected chi connectivity index (χ4v) is 10.4. The van der Waals surface area contributed by atoms with Gasteiger partial charge in [0.05, 0.1) is 11.5 Å². The molecule has 4 fully saturated rings. The molecule has 5 aliphatic rings. The highest BCUT2D eigenvalue weighted by Gasteiger charge is 2.72. The highest BCUT2D eigenvalue weighted by atomic mass is 16.3. The van der Waals surface area contributed by atoms with Crippen LogP contribution in [-0.4, -0.2) is 28.2 Å². The maximum Gasteiger partial charge on any atom is 0.172 e. The Morgan fingerprint density at radius 3 is 2.15 bits per heavy atom. The van der Waals surface area contributed by atoms with E-state index in [1.54, 1.807) is 0 Å². The molecular formula is C30H48O3. The third kappa shape index (κ3) is 2.73. The fraction of sp³-hybridized carbons (Fsp3) is 0.900. The second-order valence-electron chi connectivity index (χ2n) is 15.2. The molecule has 0 aromatic carbocycles. The minimum atomic E-state index is -0.869. The Kier molecular flexibility index (Phi) is 4.92. The SMILES string of the molecule is CC1(C)CCC2(C)C(O)C(=O)C3(C)C(=CCC4C5(C)CCC(O)C(C)(C)C5CCC43C)C2C1. The molecule has 186 valence electrons. The highest BCUT2D eigenvalue weighted by molar-refractivity contribution is 5.95. The van der Waals surface area contributed by atoms with Gasteiger partial charge in [-0.05, 0) is 97.7 Å². The average Bonchev–Trinajstić information content (AvgIpc) is 2.72. The van der Waals surface area contributed by atoms with Gasteiger partial charge in [-0.25, -0.2) is 0 Å². The molecule has 0 aromatic rings. The van der Waals surface area contributed by atoms with Crippen LogP contribution in [0.1, 0.15) is 107 Å². The first kappa shape index (κ1) is 24.0. The lowest BCUT2D eigenvalue weighted by atomic mass is 9.33. The van der Waals surface area contributed by atoms with Crippen LogP contribution in [0, 0.1) is 50.2 Å². The van der Waals surface area contributed by atoms with Gasteiger partial charge < -0.3 is 10.2 Å². The molecule has 0 amide bonds. The number of aliphatic hydroxyl groups is 2. The van der Waals surface area contributed by atoms with Crippen molar-refractivity contribution < 1.29 is 15.0 Å². The molecule has 0 saturated heterocycles. The molecule has 5 rings (SSSR count). The second kappa shape index (κ2) is 6.75. The molecule has 33 heavy (non-hydrogen) atoms. The zero-order valence-electron chi connectivity index (χ0n) is 22.4. The van der Waals surface area contributed by atoms with Crippen molar-refractivity contribution in [2.45, 2.75) is 119 Å². The summed E-state index contributed by atoms with van der Waals surface area (Å²) < 4.78 is 0. The summed E-state index contributed by atoms with van der Waals surface area (Å²) in [6.07, 6.45) is 9.43. The number of hydrogen-bond donors (Lipinski definition) is 2. The van der Waals surface area contributed by atoms with Crippen LogP contribution in [0.15, 0.2) is 11.6 Å². The van der Waals surface area contributed by atoms with Crippen molar-refractivity contribution in [3.63, 3.8) is 0 Å². The van der Waals surface area contributed by atoms with Gasteiger partial charge in [-0.15, -0.1) is 0 Å². The third-order valence-corrected chi connectivity index (χ3v) is 13.0. The van der Waals surface area contributed by atoms with E-state index in [0.717, 1.165) is 51.4 Å². The van der Waals surface area contributed by atoms with Crippen LogP contribution in [0.4, 0.5) is 0 Å². The predicted molar refractivity (Wildman–Crippen MR) is 132 cm³/mol. The predicted octanol–water partition coefficient (Wildman–Crippen LogP) is 6.32. The van der Waals surface area contributed by atoms with E-state index in [1.165, 1.54) is 5.57 Å². The zero-order valence-corrected chi connectivity index (χ0v) is 22.4. The summed E-state index contributed by atoms with van der Waals surface area (Å²) in [6.45, 7) is 18.5. The molecule has 5 aliphatic carbocycles. The van der Waals surface area contributed by atoms with Gasteiger partial charge in [-0.2, -0.15) is 0 Å². The summed E-state index contributed by atoms with van der Waals surface area (Å²) >= 11 is 0. The smallest absolute Gasteiger partial charge is 0.172 e. The monoisotopic (exact) mass is 456 g/mol. The van der Waals surface area contributed by atoms with E-state index in [1.807, 2.05) is 0 Å². The number of ketones is 1. The van der Waals surface area contributed by atoms with Crippen LogP contribution < -0.4 is 0 Å². The summed E-state index contributed by atoms with van der Waals surface area (Å²) in [7, 11) is 0. The van der Waals surface area contributed by atoms with Gasteiger partial charge in [0, 0.05) is 5.41 Å². The molecule has 3 heteroatoms. The molecule has 0 bridgehead atoms. The zero-order chi connectivity index (χ0) is 24.4. The Morgan fingerprint density at radius 2 is 1.48 bits per heavy atom. The number of carbonyl (C=O) groups excluding carboxylic acids is 1. The van der Waals surface area contributed by atoms with E-state index >= 15 is 0 Å². The van der Waals surface area contributed by atoms with Crippen molar-refractivity contribution in [1.82, 2.24) is 0 Å². The quantitative estimate of drug-likeness (QED) is 0.419. The number of rotatable bonds is 0. The fourth-order valence-electron chi connectivity index (χ4n) is 10.4. The maximum absolute atomic E-state index is 14.3. The first-order valence-electron chi connectivity index (χ1n) is 13.7. The molecule has 0 aromatic heterocycles. The van der Waals surface area contributed by atoms with Gasteiger partial charge >= 0.3 is 0 Å². The van der Waals surface area contributed by atoms with Crippen LogP contribution in [0.25, 0.3) is 0 Å². The number of allylic oxidation sites excluding steroid dienone is 2. The van der Waals surface area contributed by atoms with E-state index < -0.39 is 11.5 Å². The molecular weight excluding hydrogens is 408 g/mol. The van der Waals surface area contributed by atoms with Gasteiger partial charge in [-0.1, -0.05) is 60.1 Å². The van der Waals surface area contributed by atoms with Crippen molar-refractivity contribution in [2.75, 3.05) is 0 Å². The van der Waals surface area contributed by atoms with Gasteiger partial charge in [0.25, 0.3) is 0 Å². The minimum Gasteiger partial charge on any atom is -0.393 e. The lowest BCUT2D eigenvalue weighted by Crippen LogP contribution is -2.69. The third-order valence-electron chi connectivity index (χ3n) is 13.0. The molecule has 4 saturated carbocycles. The van der Waals surface area contributed by atoms with Crippen molar-refractivity contribution in [3.05, 3.63) is 11.6 Å². The summed E-state index contributed by atoms with van der Waals surface area (Å²) in [5, 5.41) is 22.5. The maximum atomic E-state index is 14.3. The van der Waals surface area contributed by atoms with Crippen molar-refractivity contribution in [3.8, 4) is 0 Å². The van der Waals surface area contributed by atoms with Crippen LogP contribution in [0.2, 0.25) is 0 Å². The Labute approximate surface area is 201 Å². The number of fused-ring (bicyclic) bond motifs is 7. The summed E-state index contributed by atoms with van der Waals surface area (Å²) in [6, 6.07) is 0. The lowest BCUT2D eigenvalue weighted by Gasteiger charge is -2.71. The van der Waals surface area contributed by atoms with E-state index in [4.69, 9.17) is 0 Å². The van der Waals surface area contributed by atoms with Crippen LogP contribution >= 0.6 is 0 Å². The molecule has 9 atom stereocenters. The molecule has 0 aliphatic heterocycles. The second-order valence-corrected chi connectivity index (χ2v) is 15.2. The summed E-state index contributed by atoms with van der Waals surface area (Å²) in [5.74, 6) is 1.25. The molecule has 3 nitrogen and oxygen atoms in total. The molecule has 0 heterocycles. The van der Waals surface area contributed by atoms with E-state index in [0.29, 0.717) is 11.8 Å². The van der Waals surface area contributed by atoms with E-state index in [9.17, 15) is 15.0 Å². The standard InChI is InChI=1S/C30H48O3/c1-25(2)15-16-27(5)19(17-25)18-9-10-21-28(6)13-12-22(31)26(3,4)20(28)11-14-29(21,7)30(18,8)24(33)23(27)32/h9,19-23,31-32H,10-17H2,1-8H3. The minimum absolute atomic E-state index is 0.0940. The average molecular weight is 457 g/mol. The summed E-state index contributed by atoms with van der Waals surface area (Å²) in [5.41, 5.74) is 0.544. The highest BCUT2D eigenvalue weighted by Crippen LogP contribution is 2.74. The molecule has 0 radical (unpaired) electrons. The first-order valence-corrected chi connectivity index (χ1v) is 13.7. The number of hydrogen-bond acceptors (Lipinski definition) is 3. The van der Waals surface area contributed by atoms with Crippen LogP contribution in [-0.2, 0) is 4.79 Å². The molecule has 9 unspecified atom stereocenters. The van der Waals surface area contributed by atoms with Crippen LogP contribution in [0.5, 0.6) is 0 Å². The first-order chi connectivity index (χ1) is 15.1. The Morgan fingerprint density at radius 1 is 0.818 bits per heavy atom. The lowest BCUT2D eigenvalue weighted by molar-refractivity contribution is -0.210. The van der Waals surface area contributed by atoms with Crippen molar-refractivity contribution >= 4 is 5.78 Å². The van der Waals surface area contributed by atoms with Crippen LogP contribution in [0.3, 0.4) is 0 Å². The normalized spacial score (nSPS) is 54.9. The van der Waals surface area contributed by atoms with Crippen molar-refractivity contribution in [1.29, 1.82) is 0 Å². The summed E-state index contributed by atoms with van der Waals surface area (Å²) in [4.78, 5) is 14.3. The van der Waals surface area contributed by atoms with Gasteiger partial charge in [0.1, 0.15) is 6.10 Å². The number of carbonyl (C=O) groups is 1. The number of aliphatic hydroxyl groups excluding tert-OH is 2. The Bertz CT molecular complexity index is 900. The van der Waals surface area contributed by atoms with Gasteiger partial charge in [0.15, 0.2) is 5.78 Å². The van der Waals surface area contributed by atoms with Crippen molar-refractivity contribution in [2.24, 2.45) is 50.2 Å². The molecule has 2 N–H and O–H groups in total. The Balaban J connectivity index is 1.65. The van der Waals surface area contributed by atoms with E-state index in [-0.39, 0.29) is 44.9 Å². The van der Waals surface area contributed by atoms with E-state index in [2.05, 4.69) is 61.5 Å². The van der Waals surface area contributed by atoms with Gasteiger partial charge in [-0.3, -0.25) is 4.79 Å². The Hall–Kier alpha value is -0.670. The number of Topliss-reactive ketones (excluding diaryl/α,β-unsaturated/α-hetero) is 1. The van der Waals surface area contributed by atoms with Gasteiger partial charge in [0.2, 0.25) is 0 Å². The largest absolute Gasteiger partial charge is 0.393 e. The topological polar surface area (TPSA) is 57.5 Å². The molecule has 0 spiro atoms.